The summed E-state index contributed by atoms with van der Waals surface area (Å²) >= 11 is 0. The van der Waals surface area contributed by atoms with Gasteiger partial charge in [-0.05, 0) is 57.3 Å². The molecule has 0 atom stereocenters. The van der Waals surface area contributed by atoms with Crippen molar-refractivity contribution in [2.75, 3.05) is 7.11 Å². The Balaban J connectivity index is 1.31. The molecule has 2 heteroatoms. The number of ether oxygens (including phenoxy) is 1. The van der Waals surface area contributed by atoms with E-state index in [1.165, 1.54) is 29.4 Å². The third-order valence-corrected chi connectivity index (χ3v) is 8.41. The molecule has 2 aliphatic rings. The summed E-state index contributed by atoms with van der Waals surface area (Å²) in [5.74, 6) is -0.155. The highest BCUT2D eigenvalue weighted by Crippen LogP contribution is 2.54. The van der Waals surface area contributed by atoms with Gasteiger partial charge in [0.1, 0.15) is 5.41 Å². The fourth-order valence-electron chi connectivity index (χ4n) is 6.77. The van der Waals surface area contributed by atoms with E-state index < -0.39 is 5.41 Å². The molecule has 2 nitrogen and oxygen atoms in total. The monoisotopic (exact) mass is 458 g/mol. The molecule has 0 radical (unpaired) electrons. The molecule has 35 heavy (non-hydrogen) atoms. The number of hydrogen-bond donors (Lipinski definition) is 0. The maximum Gasteiger partial charge on any atom is 0.320 e. The molecule has 0 heterocycles. The molecular formula is C33H30O2. The molecule has 2 aliphatic carbocycles. The standard InChI is InChI=1S/C33H30O2/c1-32(27-17-7-3-13-23(27)24-14-4-8-18-28(24)32)21-11-12-22-33(31(34)35-2)29-19-9-5-15-25(29)26-16-6-10-20-30(26)33/h3-10,13-20H,11-12,21-22H2,1-2H3. The second-order valence-electron chi connectivity index (χ2n) is 10.1. The van der Waals surface area contributed by atoms with Gasteiger partial charge in [-0.1, -0.05) is 117 Å². The van der Waals surface area contributed by atoms with Crippen LogP contribution >= 0.6 is 0 Å². The Morgan fingerprint density at radius 1 is 0.600 bits per heavy atom. The van der Waals surface area contributed by atoms with E-state index in [9.17, 15) is 4.79 Å². The summed E-state index contributed by atoms with van der Waals surface area (Å²) < 4.78 is 5.46. The third kappa shape index (κ3) is 3.06. The van der Waals surface area contributed by atoms with Crippen molar-refractivity contribution in [2.45, 2.75) is 43.4 Å². The van der Waals surface area contributed by atoms with Gasteiger partial charge in [0, 0.05) is 5.41 Å². The lowest BCUT2D eigenvalue weighted by atomic mass is 9.72. The molecule has 0 spiro atoms. The minimum absolute atomic E-state index is 0.0168. The first-order valence-electron chi connectivity index (χ1n) is 12.6. The van der Waals surface area contributed by atoms with Gasteiger partial charge in [0.15, 0.2) is 0 Å². The first-order valence-corrected chi connectivity index (χ1v) is 12.6. The molecule has 174 valence electrons. The minimum Gasteiger partial charge on any atom is -0.468 e. The van der Waals surface area contributed by atoms with Crippen LogP contribution in [0.1, 0.15) is 54.9 Å². The van der Waals surface area contributed by atoms with E-state index in [4.69, 9.17) is 4.74 Å². The van der Waals surface area contributed by atoms with Crippen LogP contribution in [0.15, 0.2) is 97.1 Å². The van der Waals surface area contributed by atoms with Crippen molar-refractivity contribution in [3.8, 4) is 22.3 Å². The van der Waals surface area contributed by atoms with Gasteiger partial charge < -0.3 is 4.74 Å². The molecule has 0 bridgehead atoms. The Kier molecular flexibility index (Phi) is 5.14. The molecular weight excluding hydrogens is 428 g/mol. The molecule has 0 aromatic heterocycles. The summed E-state index contributed by atoms with van der Waals surface area (Å²) in [5, 5.41) is 0. The molecule has 4 aromatic rings. The van der Waals surface area contributed by atoms with Gasteiger partial charge in [-0.15, -0.1) is 0 Å². The lowest BCUT2D eigenvalue weighted by Crippen LogP contribution is -2.36. The number of benzene rings is 4. The van der Waals surface area contributed by atoms with E-state index in [2.05, 4.69) is 91.9 Å². The van der Waals surface area contributed by atoms with Crippen molar-refractivity contribution in [2.24, 2.45) is 0 Å². The summed E-state index contributed by atoms with van der Waals surface area (Å²) in [6.45, 7) is 2.38. The molecule has 4 aromatic carbocycles. The van der Waals surface area contributed by atoms with Gasteiger partial charge in [0.25, 0.3) is 0 Å². The van der Waals surface area contributed by atoms with Crippen molar-refractivity contribution < 1.29 is 9.53 Å². The van der Waals surface area contributed by atoms with Gasteiger partial charge in [-0.3, -0.25) is 4.79 Å². The van der Waals surface area contributed by atoms with Crippen LogP contribution in [0.3, 0.4) is 0 Å². The van der Waals surface area contributed by atoms with E-state index >= 15 is 0 Å². The van der Waals surface area contributed by atoms with Crippen LogP contribution in [-0.4, -0.2) is 13.1 Å². The van der Waals surface area contributed by atoms with Gasteiger partial charge >= 0.3 is 5.97 Å². The Bertz CT molecular complexity index is 1340. The number of carbonyl (C=O) groups is 1. The number of fused-ring (bicyclic) bond motifs is 6. The number of rotatable bonds is 6. The van der Waals surface area contributed by atoms with Gasteiger partial charge in [0.05, 0.1) is 7.11 Å². The predicted molar refractivity (Wildman–Crippen MR) is 141 cm³/mol. The molecule has 0 saturated carbocycles. The highest BCUT2D eigenvalue weighted by atomic mass is 16.5. The number of hydrogen-bond acceptors (Lipinski definition) is 2. The van der Waals surface area contributed by atoms with Gasteiger partial charge in [-0.2, -0.15) is 0 Å². The van der Waals surface area contributed by atoms with Crippen molar-refractivity contribution in [3.05, 3.63) is 119 Å². The minimum atomic E-state index is -0.742. The van der Waals surface area contributed by atoms with E-state index in [1.807, 2.05) is 12.1 Å². The highest BCUT2D eigenvalue weighted by molar-refractivity contribution is 5.98. The molecule has 0 N–H and O–H groups in total. The zero-order chi connectivity index (χ0) is 24.0. The Hall–Kier alpha value is -3.65. The van der Waals surface area contributed by atoms with Crippen LogP contribution in [0.5, 0.6) is 0 Å². The zero-order valence-electron chi connectivity index (χ0n) is 20.4. The van der Waals surface area contributed by atoms with Crippen molar-refractivity contribution in [1.29, 1.82) is 0 Å². The number of carbonyl (C=O) groups excluding carboxylic acids is 1. The Morgan fingerprint density at radius 3 is 1.43 bits per heavy atom. The average molecular weight is 459 g/mol. The lowest BCUT2D eigenvalue weighted by Gasteiger charge is -2.31. The smallest absolute Gasteiger partial charge is 0.320 e. The van der Waals surface area contributed by atoms with Crippen LogP contribution < -0.4 is 0 Å². The van der Waals surface area contributed by atoms with E-state index in [1.54, 1.807) is 0 Å². The summed E-state index contributed by atoms with van der Waals surface area (Å²) in [7, 11) is 1.51. The van der Waals surface area contributed by atoms with Gasteiger partial charge in [0.2, 0.25) is 0 Å². The van der Waals surface area contributed by atoms with Crippen molar-refractivity contribution >= 4 is 5.97 Å². The maximum absolute atomic E-state index is 13.5. The lowest BCUT2D eigenvalue weighted by molar-refractivity contribution is -0.146. The molecule has 0 aliphatic heterocycles. The SMILES string of the molecule is COC(=O)C1(CCCCC2(C)c3ccccc3-c3ccccc32)c2ccccc2-c2ccccc21. The topological polar surface area (TPSA) is 26.3 Å². The number of esters is 1. The second kappa shape index (κ2) is 8.23. The van der Waals surface area contributed by atoms with Crippen LogP contribution in [0, 0.1) is 0 Å². The van der Waals surface area contributed by atoms with E-state index in [0.29, 0.717) is 0 Å². The molecule has 6 rings (SSSR count). The normalized spacial score (nSPS) is 15.6. The largest absolute Gasteiger partial charge is 0.468 e. The fourth-order valence-corrected chi connectivity index (χ4v) is 6.77. The summed E-state index contributed by atoms with van der Waals surface area (Å²) in [6.07, 6.45) is 3.76. The first-order chi connectivity index (χ1) is 17.1. The molecule has 0 saturated heterocycles. The number of unbranched alkanes of at least 4 members (excludes halogenated alkanes) is 1. The molecule has 0 amide bonds. The molecule has 0 unspecified atom stereocenters. The van der Waals surface area contributed by atoms with Crippen LogP contribution in [0.4, 0.5) is 0 Å². The first kappa shape index (κ1) is 21.9. The van der Waals surface area contributed by atoms with E-state index in [0.717, 1.165) is 47.9 Å². The Labute approximate surface area is 207 Å². The predicted octanol–water partition coefficient (Wildman–Crippen LogP) is 7.67. The van der Waals surface area contributed by atoms with E-state index in [-0.39, 0.29) is 11.4 Å². The van der Waals surface area contributed by atoms with Gasteiger partial charge in [-0.25, -0.2) is 0 Å². The van der Waals surface area contributed by atoms with Crippen LogP contribution in [-0.2, 0) is 20.4 Å². The van der Waals surface area contributed by atoms with Crippen LogP contribution in [0.2, 0.25) is 0 Å². The quantitative estimate of drug-likeness (QED) is 0.219. The van der Waals surface area contributed by atoms with Crippen LogP contribution in [0.25, 0.3) is 22.3 Å². The summed E-state index contributed by atoms with van der Waals surface area (Å²) in [6, 6.07) is 34.3. The van der Waals surface area contributed by atoms with Crippen molar-refractivity contribution in [1.82, 2.24) is 0 Å². The Morgan fingerprint density at radius 2 is 0.971 bits per heavy atom. The third-order valence-electron chi connectivity index (χ3n) is 8.41. The zero-order valence-corrected chi connectivity index (χ0v) is 20.4. The van der Waals surface area contributed by atoms with Crippen molar-refractivity contribution in [3.63, 3.8) is 0 Å². The summed E-state index contributed by atoms with van der Waals surface area (Å²) in [5.41, 5.74) is 9.25. The number of methoxy groups -OCH3 is 1. The fraction of sp³-hybridized carbons (Fsp3) is 0.242. The summed E-state index contributed by atoms with van der Waals surface area (Å²) in [4.78, 5) is 13.5. The molecule has 0 fully saturated rings. The average Bonchev–Trinajstić information content (AvgIpc) is 3.35. The second-order valence-corrected chi connectivity index (χ2v) is 10.1. The maximum atomic E-state index is 13.5. The highest BCUT2D eigenvalue weighted by Gasteiger charge is 2.49.